The van der Waals surface area contributed by atoms with Crippen LogP contribution in [0.3, 0.4) is 0 Å². The first-order chi connectivity index (χ1) is 10.7. The van der Waals surface area contributed by atoms with Gasteiger partial charge >= 0.3 is 0 Å². The maximum Gasteiger partial charge on any atom is 0.231 e. The highest BCUT2D eigenvalue weighted by Gasteiger charge is 2.13. The van der Waals surface area contributed by atoms with Crippen molar-refractivity contribution in [1.29, 1.82) is 0 Å². The Morgan fingerprint density at radius 2 is 1.77 bits per heavy atom. The van der Waals surface area contributed by atoms with Crippen molar-refractivity contribution in [3.63, 3.8) is 0 Å². The van der Waals surface area contributed by atoms with Crippen molar-refractivity contribution in [3.05, 3.63) is 23.8 Å². The molecule has 0 aromatic heterocycles. The zero-order chi connectivity index (χ0) is 15.8. The molecule has 22 heavy (non-hydrogen) atoms. The number of benzene rings is 1. The van der Waals surface area contributed by atoms with Gasteiger partial charge in [-0.2, -0.15) is 0 Å². The van der Waals surface area contributed by atoms with Gasteiger partial charge in [0, 0.05) is 25.9 Å². The quantitative estimate of drug-likeness (QED) is 0.761. The van der Waals surface area contributed by atoms with Crippen LogP contribution in [0.2, 0.25) is 0 Å². The molecular weight excluding hydrogens is 284 g/mol. The van der Waals surface area contributed by atoms with Crippen molar-refractivity contribution in [2.75, 3.05) is 19.9 Å². The number of rotatable bonds is 8. The second kappa shape index (κ2) is 8.26. The molecule has 1 aromatic carbocycles. The minimum Gasteiger partial charge on any atom is -0.454 e. The third-order valence-electron chi connectivity index (χ3n) is 3.32. The van der Waals surface area contributed by atoms with E-state index < -0.39 is 0 Å². The molecule has 0 saturated carbocycles. The monoisotopic (exact) mass is 306 g/mol. The van der Waals surface area contributed by atoms with E-state index in [1.807, 2.05) is 25.1 Å². The zero-order valence-corrected chi connectivity index (χ0v) is 12.8. The molecule has 1 aliphatic rings. The summed E-state index contributed by atoms with van der Waals surface area (Å²) in [6.45, 7) is 3.30. The van der Waals surface area contributed by atoms with Crippen LogP contribution in [0.4, 0.5) is 0 Å². The van der Waals surface area contributed by atoms with Gasteiger partial charge in [-0.25, -0.2) is 0 Å². The second-order valence-electron chi connectivity index (χ2n) is 5.14. The number of hydrogen-bond donors (Lipinski definition) is 2. The lowest BCUT2D eigenvalue weighted by atomic mass is 10.1. The van der Waals surface area contributed by atoms with Crippen LogP contribution in [0, 0.1) is 0 Å². The molecule has 0 radical (unpaired) electrons. The number of hydrogen-bond acceptors (Lipinski definition) is 4. The summed E-state index contributed by atoms with van der Waals surface area (Å²) in [7, 11) is 0. The Bertz CT molecular complexity index is 531. The van der Waals surface area contributed by atoms with Crippen molar-refractivity contribution >= 4 is 11.8 Å². The Balaban J connectivity index is 1.64. The number of amides is 2. The van der Waals surface area contributed by atoms with Gasteiger partial charge in [0.15, 0.2) is 11.5 Å². The Labute approximate surface area is 130 Å². The molecule has 0 unspecified atom stereocenters. The summed E-state index contributed by atoms with van der Waals surface area (Å²) < 4.78 is 10.5. The van der Waals surface area contributed by atoms with E-state index in [-0.39, 0.29) is 18.6 Å². The third-order valence-corrected chi connectivity index (χ3v) is 3.32. The van der Waals surface area contributed by atoms with Crippen LogP contribution in [-0.4, -0.2) is 31.7 Å². The smallest absolute Gasteiger partial charge is 0.231 e. The fourth-order valence-corrected chi connectivity index (χ4v) is 2.11. The summed E-state index contributed by atoms with van der Waals surface area (Å²) in [5, 5.41) is 5.53. The van der Waals surface area contributed by atoms with E-state index >= 15 is 0 Å². The maximum atomic E-state index is 11.7. The summed E-state index contributed by atoms with van der Waals surface area (Å²) in [4.78, 5) is 23.1. The van der Waals surface area contributed by atoms with E-state index in [2.05, 4.69) is 10.6 Å². The molecule has 2 N–H and O–H groups in total. The number of fused-ring (bicyclic) bond motifs is 1. The molecule has 0 fully saturated rings. The highest BCUT2D eigenvalue weighted by Crippen LogP contribution is 2.32. The highest BCUT2D eigenvalue weighted by atomic mass is 16.7. The lowest BCUT2D eigenvalue weighted by Crippen LogP contribution is -2.31. The van der Waals surface area contributed by atoms with Crippen LogP contribution in [0.15, 0.2) is 18.2 Å². The molecule has 1 aromatic rings. The molecule has 6 heteroatoms. The molecule has 2 amide bonds. The Kier molecular flexibility index (Phi) is 6.06. The Morgan fingerprint density at radius 3 is 2.59 bits per heavy atom. The average Bonchev–Trinajstić information content (AvgIpc) is 2.98. The van der Waals surface area contributed by atoms with E-state index in [9.17, 15) is 9.59 Å². The van der Waals surface area contributed by atoms with Gasteiger partial charge in [-0.1, -0.05) is 13.0 Å². The van der Waals surface area contributed by atoms with Gasteiger partial charge in [-0.05, 0) is 30.5 Å². The van der Waals surface area contributed by atoms with E-state index in [0.29, 0.717) is 32.4 Å². The number of ether oxygens (including phenoxy) is 2. The molecule has 120 valence electrons. The van der Waals surface area contributed by atoms with E-state index in [1.54, 1.807) is 0 Å². The van der Waals surface area contributed by atoms with Crippen molar-refractivity contribution in [2.45, 2.75) is 32.6 Å². The van der Waals surface area contributed by atoms with Gasteiger partial charge in [0.1, 0.15) is 0 Å². The van der Waals surface area contributed by atoms with Gasteiger partial charge in [0.05, 0.1) is 0 Å². The summed E-state index contributed by atoms with van der Waals surface area (Å²) >= 11 is 0. The average molecular weight is 306 g/mol. The Morgan fingerprint density at radius 1 is 1.05 bits per heavy atom. The molecule has 0 saturated heterocycles. The SMILES string of the molecule is CCCNC(=O)CCNC(=O)CCc1ccc2c(c1)OCO2. The van der Waals surface area contributed by atoms with Crippen LogP contribution in [0.5, 0.6) is 11.5 Å². The lowest BCUT2D eigenvalue weighted by Gasteiger charge is -2.06. The predicted octanol–water partition coefficient (Wildman–Crippen LogP) is 1.38. The van der Waals surface area contributed by atoms with Gasteiger partial charge in [-0.15, -0.1) is 0 Å². The number of aryl methyl sites for hydroxylation is 1. The Hall–Kier alpha value is -2.24. The van der Waals surface area contributed by atoms with E-state index in [4.69, 9.17) is 9.47 Å². The lowest BCUT2D eigenvalue weighted by molar-refractivity contribution is -0.122. The first-order valence-corrected chi connectivity index (χ1v) is 7.61. The number of nitrogens with one attached hydrogen (secondary N) is 2. The first kappa shape index (κ1) is 16.1. The van der Waals surface area contributed by atoms with E-state index in [1.165, 1.54) is 0 Å². The zero-order valence-electron chi connectivity index (χ0n) is 12.8. The topological polar surface area (TPSA) is 76.7 Å². The van der Waals surface area contributed by atoms with Gasteiger partial charge < -0.3 is 20.1 Å². The molecular formula is C16H22N2O4. The summed E-state index contributed by atoms with van der Waals surface area (Å²) in [6, 6.07) is 5.68. The summed E-state index contributed by atoms with van der Waals surface area (Å²) in [5.41, 5.74) is 1.03. The minimum absolute atomic E-state index is 0.0297. The van der Waals surface area contributed by atoms with Crippen LogP contribution in [0.25, 0.3) is 0 Å². The fourth-order valence-electron chi connectivity index (χ4n) is 2.11. The van der Waals surface area contributed by atoms with Crippen LogP contribution >= 0.6 is 0 Å². The molecule has 0 spiro atoms. The van der Waals surface area contributed by atoms with E-state index in [0.717, 1.165) is 23.5 Å². The summed E-state index contributed by atoms with van der Waals surface area (Å²) in [6.07, 6.45) is 2.24. The third kappa shape index (κ3) is 4.95. The van der Waals surface area contributed by atoms with Gasteiger partial charge in [0.2, 0.25) is 18.6 Å². The standard InChI is InChI=1S/C16H22N2O4/c1-2-8-17-16(20)7-9-18-15(19)6-4-12-3-5-13-14(10-12)22-11-21-13/h3,5,10H,2,4,6-9,11H2,1H3,(H,17,20)(H,18,19). The van der Waals surface area contributed by atoms with Crippen molar-refractivity contribution in [3.8, 4) is 11.5 Å². The predicted molar refractivity (Wildman–Crippen MR) is 81.8 cm³/mol. The van der Waals surface area contributed by atoms with Crippen LogP contribution < -0.4 is 20.1 Å². The largest absolute Gasteiger partial charge is 0.454 e. The van der Waals surface area contributed by atoms with Crippen LogP contribution in [0.1, 0.15) is 31.7 Å². The van der Waals surface area contributed by atoms with Crippen molar-refractivity contribution < 1.29 is 19.1 Å². The molecule has 0 atom stereocenters. The highest BCUT2D eigenvalue weighted by molar-refractivity contribution is 5.79. The van der Waals surface area contributed by atoms with Crippen molar-refractivity contribution in [1.82, 2.24) is 10.6 Å². The molecule has 1 heterocycles. The van der Waals surface area contributed by atoms with Gasteiger partial charge in [-0.3, -0.25) is 9.59 Å². The minimum atomic E-state index is -0.0547. The summed E-state index contributed by atoms with van der Waals surface area (Å²) in [5.74, 6) is 1.38. The first-order valence-electron chi connectivity index (χ1n) is 7.61. The maximum absolute atomic E-state index is 11.7. The fraction of sp³-hybridized carbons (Fsp3) is 0.500. The number of carbonyl (C=O) groups excluding carboxylic acids is 2. The second-order valence-corrected chi connectivity index (χ2v) is 5.14. The molecule has 2 rings (SSSR count). The molecule has 0 aliphatic carbocycles. The molecule has 6 nitrogen and oxygen atoms in total. The molecule has 0 bridgehead atoms. The normalized spacial score (nSPS) is 12.0. The van der Waals surface area contributed by atoms with Crippen LogP contribution in [-0.2, 0) is 16.0 Å². The van der Waals surface area contributed by atoms with Crippen molar-refractivity contribution in [2.24, 2.45) is 0 Å². The molecule has 1 aliphatic heterocycles. The van der Waals surface area contributed by atoms with Gasteiger partial charge in [0.25, 0.3) is 0 Å². The number of carbonyl (C=O) groups is 2.